The number of fused-ring (bicyclic) bond motifs is 2. The van der Waals surface area contributed by atoms with Gasteiger partial charge in [-0.3, -0.25) is 4.79 Å². The first kappa shape index (κ1) is 14.5. The lowest BCUT2D eigenvalue weighted by Crippen LogP contribution is -2.27. The van der Waals surface area contributed by atoms with Gasteiger partial charge in [-0.2, -0.15) is 0 Å². The van der Waals surface area contributed by atoms with E-state index in [0.717, 1.165) is 12.8 Å². The predicted molar refractivity (Wildman–Crippen MR) is 73.7 cm³/mol. The van der Waals surface area contributed by atoms with Crippen LogP contribution in [-0.4, -0.2) is 12.1 Å². The SMILES string of the molecule is CC1(C)[C@H]2CC[C@@H]1[C@H](OC(=O)CC(Cl)=C(Cl)Cl)C2. The molecule has 0 amide bonds. The highest BCUT2D eigenvalue weighted by atomic mass is 35.5. The van der Waals surface area contributed by atoms with Gasteiger partial charge < -0.3 is 4.74 Å². The standard InChI is InChI=1S/C13H17Cl3O2/c1-13(2)7-3-4-8(13)10(5-7)18-11(17)6-9(14)12(15)16/h7-8,10H,3-6H2,1-2H3/t7-,8+,10+/m0/s1. The molecule has 2 aliphatic carbocycles. The zero-order valence-electron chi connectivity index (χ0n) is 10.5. The molecule has 0 unspecified atom stereocenters. The number of ether oxygens (including phenoxy) is 1. The maximum atomic E-state index is 11.7. The molecule has 0 aliphatic heterocycles. The summed E-state index contributed by atoms with van der Waals surface area (Å²) in [4.78, 5) is 11.7. The van der Waals surface area contributed by atoms with Crippen molar-refractivity contribution in [3.05, 3.63) is 9.52 Å². The third kappa shape index (κ3) is 2.66. The highest BCUT2D eigenvalue weighted by molar-refractivity contribution is 6.59. The smallest absolute Gasteiger partial charge is 0.311 e. The van der Waals surface area contributed by atoms with Crippen molar-refractivity contribution in [2.24, 2.45) is 17.3 Å². The second kappa shape index (κ2) is 5.22. The van der Waals surface area contributed by atoms with Gasteiger partial charge in [0.2, 0.25) is 0 Å². The Balaban J connectivity index is 1.93. The zero-order chi connectivity index (χ0) is 13.5. The number of halogens is 3. The van der Waals surface area contributed by atoms with Crippen molar-refractivity contribution < 1.29 is 9.53 Å². The van der Waals surface area contributed by atoms with E-state index >= 15 is 0 Å². The zero-order valence-corrected chi connectivity index (χ0v) is 12.8. The summed E-state index contributed by atoms with van der Waals surface area (Å²) < 4.78 is 5.46. The first-order valence-corrected chi connectivity index (χ1v) is 7.35. The van der Waals surface area contributed by atoms with Crippen LogP contribution in [0.1, 0.15) is 39.5 Å². The van der Waals surface area contributed by atoms with Crippen LogP contribution in [-0.2, 0) is 9.53 Å². The molecule has 3 atom stereocenters. The van der Waals surface area contributed by atoms with E-state index in [-0.39, 0.29) is 33.4 Å². The van der Waals surface area contributed by atoms with E-state index in [1.54, 1.807) is 0 Å². The number of carbonyl (C=O) groups excluding carboxylic acids is 1. The Hall–Kier alpha value is 0.0800. The molecule has 2 rings (SSSR count). The van der Waals surface area contributed by atoms with E-state index in [1.807, 2.05) is 0 Å². The van der Waals surface area contributed by atoms with Gasteiger partial charge in [-0.1, -0.05) is 48.7 Å². The molecular formula is C13H17Cl3O2. The molecule has 0 radical (unpaired) electrons. The molecule has 0 aromatic heterocycles. The van der Waals surface area contributed by atoms with Crippen molar-refractivity contribution in [1.29, 1.82) is 0 Å². The summed E-state index contributed by atoms with van der Waals surface area (Å²) in [5.41, 5.74) is 0.286. The Morgan fingerprint density at radius 1 is 1.28 bits per heavy atom. The van der Waals surface area contributed by atoms with Crippen molar-refractivity contribution in [3.8, 4) is 0 Å². The summed E-state index contributed by atoms with van der Waals surface area (Å²) in [5.74, 6) is 0.802. The molecule has 2 saturated carbocycles. The van der Waals surface area contributed by atoms with Gasteiger partial charge in [0, 0.05) is 5.92 Å². The minimum absolute atomic E-state index is 0.0322. The first-order valence-electron chi connectivity index (χ1n) is 6.21. The van der Waals surface area contributed by atoms with E-state index in [2.05, 4.69) is 13.8 Å². The number of carbonyl (C=O) groups is 1. The molecule has 2 bridgehead atoms. The molecule has 0 saturated heterocycles. The summed E-state index contributed by atoms with van der Waals surface area (Å²) >= 11 is 16.8. The highest BCUT2D eigenvalue weighted by Gasteiger charge is 2.54. The van der Waals surface area contributed by atoms with Gasteiger partial charge in [-0.05, 0) is 30.6 Å². The van der Waals surface area contributed by atoms with Gasteiger partial charge in [-0.15, -0.1) is 0 Å². The third-order valence-corrected chi connectivity index (χ3v) is 5.56. The molecule has 102 valence electrons. The van der Waals surface area contributed by atoms with E-state index < -0.39 is 0 Å². The van der Waals surface area contributed by atoms with Crippen LogP contribution in [0.25, 0.3) is 0 Å². The maximum Gasteiger partial charge on any atom is 0.311 e. The fourth-order valence-corrected chi connectivity index (χ4v) is 3.74. The third-order valence-electron chi connectivity index (χ3n) is 4.59. The van der Waals surface area contributed by atoms with E-state index in [1.165, 1.54) is 6.42 Å². The monoisotopic (exact) mass is 310 g/mol. The Morgan fingerprint density at radius 2 is 1.94 bits per heavy atom. The van der Waals surface area contributed by atoms with Crippen molar-refractivity contribution in [2.75, 3.05) is 0 Å². The predicted octanol–water partition coefficient (Wildman–Crippen LogP) is 4.63. The van der Waals surface area contributed by atoms with Crippen molar-refractivity contribution in [2.45, 2.75) is 45.6 Å². The average molecular weight is 312 g/mol. The highest BCUT2D eigenvalue weighted by Crippen LogP contribution is 2.58. The van der Waals surface area contributed by atoms with Crippen molar-refractivity contribution in [3.63, 3.8) is 0 Å². The molecular weight excluding hydrogens is 294 g/mol. The number of rotatable bonds is 3. The van der Waals surface area contributed by atoms with Crippen LogP contribution >= 0.6 is 34.8 Å². The van der Waals surface area contributed by atoms with Gasteiger partial charge in [0.15, 0.2) is 0 Å². The number of hydrogen-bond donors (Lipinski definition) is 0. The summed E-state index contributed by atoms with van der Waals surface area (Å²) in [5, 5.41) is 0.144. The largest absolute Gasteiger partial charge is 0.462 e. The minimum Gasteiger partial charge on any atom is -0.462 e. The molecule has 0 aromatic carbocycles. The fraction of sp³-hybridized carbons (Fsp3) is 0.769. The summed E-state index contributed by atoms with van der Waals surface area (Å²) in [6.45, 7) is 4.54. The van der Waals surface area contributed by atoms with E-state index in [9.17, 15) is 4.79 Å². The van der Waals surface area contributed by atoms with Crippen LogP contribution < -0.4 is 0 Å². The number of esters is 1. The lowest BCUT2D eigenvalue weighted by atomic mass is 9.82. The van der Waals surface area contributed by atoms with Gasteiger partial charge >= 0.3 is 5.97 Å². The lowest BCUT2D eigenvalue weighted by Gasteiger charge is -2.26. The van der Waals surface area contributed by atoms with Crippen LogP contribution in [0.3, 0.4) is 0 Å². The number of hydrogen-bond acceptors (Lipinski definition) is 2. The molecule has 0 N–H and O–H groups in total. The van der Waals surface area contributed by atoms with Crippen LogP contribution in [0.15, 0.2) is 9.52 Å². The quantitative estimate of drug-likeness (QED) is 0.710. The average Bonchev–Trinajstić information content (AvgIpc) is 2.66. The van der Waals surface area contributed by atoms with Crippen LogP contribution in [0, 0.1) is 17.3 Å². The Morgan fingerprint density at radius 3 is 2.39 bits per heavy atom. The van der Waals surface area contributed by atoms with Gasteiger partial charge in [0.1, 0.15) is 10.6 Å². The Labute approximate surface area is 123 Å². The molecule has 2 fully saturated rings. The summed E-state index contributed by atoms with van der Waals surface area (Å²) in [7, 11) is 0. The van der Waals surface area contributed by atoms with Crippen LogP contribution in [0.2, 0.25) is 0 Å². The van der Waals surface area contributed by atoms with Crippen LogP contribution in [0.5, 0.6) is 0 Å². The minimum atomic E-state index is -0.341. The van der Waals surface area contributed by atoms with Gasteiger partial charge in [0.05, 0.1) is 11.5 Å². The molecule has 5 heteroatoms. The molecule has 0 aromatic rings. The Bertz CT molecular complexity index is 386. The Kier molecular flexibility index (Phi) is 4.20. The van der Waals surface area contributed by atoms with Gasteiger partial charge in [0.25, 0.3) is 0 Å². The first-order chi connectivity index (χ1) is 8.32. The lowest BCUT2D eigenvalue weighted by molar-refractivity contribution is -0.151. The van der Waals surface area contributed by atoms with Crippen molar-refractivity contribution >= 4 is 40.8 Å². The topological polar surface area (TPSA) is 26.3 Å². The van der Waals surface area contributed by atoms with Gasteiger partial charge in [-0.25, -0.2) is 0 Å². The fourth-order valence-electron chi connectivity index (χ4n) is 3.49. The molecule has 18 heavy (non-hydrogen) atoms. The summed E-state index contributed by atoms with van der Waals surface area (Å²) in [6, 6.07) is 0. The van der Waals surface area contributed by atoms with E-state index in [0.29, 0.717) is 11.8 Å². The van der Waals surface area contributed by atoms with Crippen molar-refractivity contribution in [1.82, 2.24) is 0 Å². The maximum absolute atomic E-state index is 11.7. The molecule has 0 spiro atoms. The van der Waals surface area contributed by atoms with E-state index in [4.69, 9.17) is 39.5 Å². The molecule has 2 nitrogen and oxygen atoms in total. The molecule has 0 heterocycles. The summed E-state index contributed by atoms with van der Waals surface area (Å²) in [6.07, 6.45) is 3.36. The van der Waals surface area contributed by atoms with Crippen LogP contribution in [0.4, 0.5) is 0 Å². The normalized spacial score (nSPS) is 32.4. The second-order valence-corrected chi connectivity index (χ2v) is 7.21. The molecule has 2 aliphatic rings. The second-order valence-electron chi connectivity index (χ2n) is 5.81.